The van der Waals surface area contributed by atoms with Gasteiger partial charge in [0.25, 0.3) is 11.8 Å². The summed E-state index contributed by atoms with van der Waals surface area (Å²) in [7, 11) is 0. The van der Waals surface area contributed by atoms with Gasteiger partial charge in [0, 0.05) is 11.9 Å². The van der Waals surface area contributed by atoms with Crippen LogP contribution >= 0.6 is 11.3 Å². The molecule has 2 N–H and O–H groups in total. The number of carbonyl (C=O) groups is 2. The fourth-order valence-corrected chi connectivity index (χ4v) is 2.58. The number of carbonyl (C=O) groups excluding carboxylic acids is 2. The molecule has 0 aliphatic heterocycles. The van der Waals surface area contributed by atoms with Gasteiger partial charge in [0.2, 0.25) is 0 Å². The maximum atomic E-state index is 12.3. The first kappa shape index (κ1) is 16.2. The fraction of sp³-hybridized carbons (Fsp3) is 0.294. The maximum Gasteiger partial charge on any atom is 0.256 e. The summed E-state index contributed by atoms with van der Waals surface area (Å²) in [6.07, 6.45) is 0.926. The van der Waals surface area contributed by atoms with Crippen molar-refractivity contribution in [2.45, 2.75) is 20.3 Å². The van der Waals surface area contributed by atoms with Crippen LogP contribution in [0.15, 0.2) is 41.1 Å². The minimum Gasteiger partial charge on any atom is -0.352 e. The van der Waals surface area contributed by atoms with Crippen LogP contribution in [-0.2, 0) is 0 Å². The summed E-state index contributed by atoms with van der Waals surface area (Å²) in [4.78, 5) is 24.4. The summed E-state index contributed by atoms with van der Waals surface area (Å²) in [6, 6.07) is 8.80. The zero-order valence-corrected chi connectivity index (χ0v) is 13.6. The maximum absolute atomic E-state index is 12.3. The Kier molecular flexibility index (Phi) is 5.72. The minimum atomic E-state index is -0.205. The second-order valence-corrected chi connectivity index (χ2v) is 6.23. The lowest BCUT2D eigenvalue weighted by atomic mass is 10.1. The highest BCUT2D eigenvalue weighted by atomic mass is 32.1. The van der Waals surface area contributed by atoms with E-state index >= 15 is 0 Å². The van der Waals surface area contributed by atoms with E-state index in [9.17, 15) is 9.59 Å². The molecular formula is C17H20N2O2S. The van der Waals surface area contributed by atoms with Crippen molar-refractivity contribution in [2.75, 3.05) is 11.9 Å². The topological polar surface area (TPSA) is 58.2 Å². The van der Waals surface area contributed by atoms with Crippen molar-refractivity contribution >= 4 is 28.8 Å². The molecule has 1 aromatic heterocycles. The van der Waals surface area contributed by atoms with Crippen molar-refractivity contribution < 1.29 is 9.59 Å². The van der Waals surface area contributed by atoms with Crippen molar-refractivity contribution in [1.82, 2.24) is 5.32 Å². The molecule has 0 unspecified atom stereocenters. The van der Waals surface area contributed by atoms with Crippen LogP contribution in [0, 0.1) is 5.92 Å². The van der Waals surface area contributed by atoms with Crippen LogP contribution in [0.25, 0.3) is 0 Å². The van der Waals surface area contributed by atoms with Crippen LogP contribution in [0.1, 0.15) is 41.0 Å². The van der Waals surface area contributed by atoms with E-state index in [4.69, 9.17) is 0 Å². The van der Waals surface area contributed by atoms with Gasteiger partial charge in [-0.25, -0.2) is 0 Å². The molecule has 22 heavy (non-hydrogen) atoms. The molecule has 0 radical (unpaired) electrons. The monoisotopic (exact) mass is 316 g/mol. The molecule has 0 fully saturated rings. The third kappa shape index (κ3) is 4.43. The van der Waals surface area contributed by atoms with Crippen molar-refractivity contribution in [3.63, 3.8) is 0 Å². The average Bonchev–Trinajstić information content (AvgIpc) is 3.01. The molecule has 116 valence electrons. The largest absolute Gasteiger partial charge is 0.352 e. The van der Waals surface area contributed by atoms with E-state index < -0.39 is 0 Å². The summed E-state index contributed by atoms with van der Waals surface area (Å²) < 4.78 is 0. The summed E-state index contributed by atoms with van der Waals surface area (Å²) in [6.45, 7) is 4.85. The molecule has 2 aromatic rings. The first-order valence-electron chi connectivity index (χ1n) is 7.28. The van der Waals surface area contributed by atoms with Gasteiger partial charge in [-0.05, 0) is 35.9 Å². The molecule has 0 bridgehead atoms. The van der Waals surface area contributed by atoms with Crippen molar-refractivity contribution in [3.8, 4) is 0 Å². The van der Waals surface area contributed by atoms with Gasteiger partial charge in [0.1, 0.15) is 0 Å². The summed E-state index contributed by atoms with van der Waals surface area (Å²) in [5.41, 5.74) is 1.61. The third-order valence-corrected chi connectivity index (χ3v) is 3.89. The molecule has 0 aliphatic rings. The Hall–Kier alpha value is -2.14. The van der Waals surface area contributed by atoms with Gasteiger partial charge >= 0.3 is 0 Å². The van der Waals surface area contributed by atoms with E-state index in [-0.39, 0.29) is 11.8 Å². The van der Waals surface area contributed by atoms with Gasteiger partial charge in [0.15, 0.2) is 0 Å². The number of amides is 2. The van der Waals surface area contributed by atoms with Crippen LogP contribution in [0.2, 0.25) is 0 Å². The van der Waals surface area contributed by atoms with Gasteiger partial charge in [-0.1, -0.05) is 26.0 Å². The van der Waals surface area contributed by atoms with E-state index in [0.717, 1.165) is 6.42 Å². The number of rotatable bonds is 6. The van der Waals surface area contributed by atoms with Gasteiger partial charge in [-0.15, -0.1) is 0 Å². The standard InChI is InChI=1S/C17H20N2O2S/c1-12(2)7-9-18-17(21)14-5-3-4-6-15(14)19-16(20)13-8-10-22-11-13/h3-6,8,10-12H,7,9H2,1-2H3,(H,18,21)(H,19,20). The van der Waals surface area contributed by atoms with Gasteiger partial charge < -0.3 is 10.6 Å². The van der Waals surface area contributed by atoms with Crippen LogP contribution in [0.3, 0.4) is 0 Å². The lowest BCUT2D eigenvalue weighted by Crippen LogP contribution is -2.26. The molecule has 0 aliphatic carbocycles. The Morgan fingerprint density at radius 2 is 1.91 bits per heavy atom. The smallest absolute Gasteiger partial charge is 0.256 e. The Morgan fingerprint density at radius 3 is 2.59 bits per heavy atom. The Morgan fingerprint density at radius 1 is 1.14 bits per heavy atom. The normalized spacial score (nSPS) is 10.5. The molecule has 0 saturated carbocycles. The number of anilines is 1. The molecule has 2 rings (SSSR count). The van der Waals surface area contributed by atoms with E-state index in [0.29, 0.717) is 29.3 Å². The Bertz CT molecular complexity index is 636. The highest BCUT2D eigenvalue weighted by molar-refractivity contribution is 7.08. The molecule has 0 spiro atoms. The van der Waals surface area contributed by atoms with E-state index in [2.05, 4.69) is 24.5 Å². The fourth-order valence-electron chi connectivity index (χ4n) is 1.95. The average molecular weight is 316 g/mol. The first-order chi connectivity index (χ1) is 10.6. The van der Waals surface area contributed by atoms with Crippen molar-refractivity contribution in [3.05, 3.63) is 52.2 Å². The number of nitrogens with one attached hydrogen (secondary N) is 2. The lowest BCUT2D eigenvalue weighted by molar-refractivity contribution is 0.0953. The zero-order chi connectivity index (χ0) is 15.9. The molecule has 4 nitrogen and oxygen atoms in total. The van der Waals surface area contributed by atoms with E-state index in [1.165, 1.54) is 11.3 Å². The quantitative estimate of drug-likeness (QED) is 0.852. The predicted octanol–water partition coefficient (Wildman–Crippen LogP) is 3.78. The Balaban J connectivity index is 2.06. The molecule has 0 saturated heterocycles. The molecular weight excluding hydrogens is 296 g/mol. The number of para-hydroxylation sites is 1. The molecule has 0 atom stereocenters. The highest BCUT2D eigenvalue weighted by Crippen LogP contribution is 2.17. The van der Waals surface area contributed by atoms with Gasteiger partial charge in [0.05, 0.1) is 16.8 Å². The zero-order valence-electron chi connectivity index (χ0n) is 12.8. The lowest BCUT2D eigenvalue weighted by Gasteiger charge is -2.11. The summed E-state index contributed by atoms with van der Waals surface area (Å²) in [5.74, 6) is 0.166. The highest BCUT2D eigenvalue weighted by Gasteiger charge is 2.14. The molecule has 2 amide bonds. The number of hydrogen-bond acceptors (Lipinski definition) is 3. The van der Waals surface area contributed by atoms with Crippen molar-refractivity contribution in [1.29, 1.82) is 0 Å². The second-order valence-electron chi connectivity index (χ2n) is 5.45. The Labute approximate surface area is 134 Å². The second kappa shape index (κ2) is 7.75. The predicted molar refractivity (Wildman–Crippen MR) is 90.5 cm³/mol. The summed E-state index contributed by atoms with van der Waals surface area (Å²) in [5, 5.41) is 9.32. The van der Waals surface area contributed by atoms with Gasteiger partial charge in [-0.2, -0.15) is 11.3 Å². The van der Waals surface area contributed by atoms with E-state index in [1.807, 2.05) is 5.38 Å². The molecule has 1 heterocycles. The molecule has 5 heteroatoms. The number of thiophene rings is 1. The van der Waals surface area contributed by atoms with Crippen LogP contribution in [0.5, 0.6) is 0 Å². The number of benzene rings is 1. The van der Waals surface area contributed by atoms with Gasteiger partial charge in [-0.3, -0.25) is 9.59 Å². The third-order valence-electron chi connectivity index (χ3n) is 3.21. The summed E-state index contributed by atoms with van der Waals surface area (Å²) >= 11 is 1.46. The number of hydrogen-bond donors (Lipinski definition) is 2. The SMILES string of the molecule is CC(C)CCNC(=O)c1ccccc1NC(=O)c1ccsc1. The minimum absolute atomic E-state index is 0.165. The van der Waals surface area contributed by atoms with Crippen LogP contribution in [-0.4, -0.2) is 18.4 Å². The molecule has 1 aromatic carbocycles. The first-order valence-corrected chi connectivity index (χ1v) is 8.23. The van der Waals surface area contributed by atoms with E-state index in [1.54, 1.807) is 35.7 Å². The van der Waals surface area contributed by atoms with Crippen molar-refractivity contribution in [2.24, 2.45) is 5.92 Å². The van der Waals surface area contributed by atoms with Crippen LogP contribution < -0.4 is 10.6 Å². The van der Waals surface area contributed by atoms with Crippen LogP contribution in [0.4, 0.5) is 5.69 Å².